The van der Waals surface area contributed by atoms with Gasteiger partial charge in [-0.2, -0.15) is 0 Å². The highest BCUT2D eigenvalue weighted by atomic mass is 16.5. The second-order valence-electron chi connectivity index (χ2n) is 8.85. The smallest absolute Gasteiger partial charge is 0.313 e. The normalized spacial score (nSPS) is 20.1. The highest BCUT2D eigenvalue weighted by molar-refractivity contribution is 5.77. The fraction of sp³-hybridized carbons (Fsp3) is 0.591. The van der Waals surface area contributed by atoms with Crippen molar-refractivity contribution in [2.75, 3.05) is 6.61 Å². The third-order valence-electron chi connectivity index (χ3n) is 5.19. The first-order chi connectivity index (χ1) is 11.9. The fourth-order valence-corrected chi connectivity index (χ4v) is 3.55. The molecule has 0 aromatic heterocycles. The summed E-state index contributed by atoms with van der Waals surface area (Å²) in [5, 5.41) is 13.5. The molecule has 1 aliphatic heterocycles. The maximum Gasteiger partial charge on any atom is 0.313 e. The van der Waals surface area contributed by atoms with Gasteiger partial charge in [0.05, 0.1) is 17.0 Å². The van der Waals surface area contributed by atoms with E-state index in [4.69, 9.17) is 4.74 Å². The van der Waals surface area contributed by atoms with Crippen LogP contribution in [-0.2, 0) is 21.2 Å². The summed E-state index contributed by atoms with van der Waals surface area (Å²) in [5.74, 6) is 0.0150. The Kier molecular flexibility index (Phi) is 5.99. The number of ether oxygens (including phenoxy) is 1. The summed E-state index contributed by atoms with van der Waals surface area (Å²) in [5.41, 5.74) is 1.84. The molecule has 0 aliphatic carbocycles. The van der Waals surface area contributed by atoms with Crippen LogP contribution in [0.1, 0.15) is 65.5 Å². The van der Waals surface area contributed by atoms with E-state index in [9.17, 15) is 10.0 Å². The van der Waals surface area contributed by atoms with Crippen LogP contribution >= 0.6 is 0 Å². The van der Waals surface area contributed by atoms with Gasteiger partial charge in [0.2, 0.25) is 0 Å². The molecule has 4 heteroatoms. The molecule has 0 spiro atoms. The molecule has 2 rings (SSSR count). The average Bonchev–Trinajstić information content (AvgIpc) is 2.71. The van der Waals surface area contributed by atoms with Crippen molar-refractivity contribution >= 4 is 5.97 Å². The number of carbonyl (C=O) groups is 1. The number of carbonyl (C=O) groups excluding carboxylic acids is 1. The summed E-state index contributed by atoms with van der Waals surface area (Å²) in [4.78, 5) is 12.5. The summed E-state index contributed by atoms with van der Waals surface area (Å²) in [6.07, 6.45) is 2.95. The van der Waals surface area contributed by atoms with Crippen molar-refractivity contribution in [2.24, 2.45) is 5.92 Å². The quantitative estimate of drug-likeness (QED) is 0.548. The minimum Gasteiger partial charge on any atom is -0.461 e. The van der Waals surface area contributed by atoms with Crippen molar-refractivity contribution in [1.82, 2.24) is 5.06 Å². The SMILES string of the molecule is CC(C)Cc1ccc(C(C)C(=O)OCC2=CC(C)(C)N([O])C2(C)C)cc1. The van der Waals surface area contributed by atoms with E-state index in [-0.39, 0.29) is 18.5 Å². The molecule has 26 heavy (non-hydrogen) atoms. The Bertz CT molecular complexity index is 671. The fourth-order valence-electron chi connectivity index (χ4n) is 3.55. The molecule has 1 heterocycles. The van der Waals surface area contributed by atoms with Crippen LogP contribution in [0.5, 0.6) is 0 Å². The zero-order valence-corrected chi connectivity index (χ0v) is 17.1. The summed E-state index contributed by atoms with van der Waals surface area (Å²) < 4.78 is 5.54. The molecular formula is C22H32NO3. The average molecular weight is 359 g/mol. The van der Waals surface area contributed by atoms with Gasteiger partial charge in [0.1, 0.15) is 6.61 Å². The van der Waals surface area contributed by atoms with Crippen LogP contribution in [0.4, 0.5) is 0 Å². The third kappa shape index (κ3) is 4.36. The molecule has 1 unspecified atom stereocenters. The molecular weight excluding hydrogens is 326 g/mol. The van der Waals surface area contributed by atoms with Crippen molar-refractivity contribution < 1.29 is 14.7 Å². The van der Waals surface area contributed by atoms with Crippen LogP contribution < -0.4 is 0 Å². The van der Waals surface area contributed by atoms with Gasteiger partial charge in [0.15, 0.2) is 0 Å². The molecule has 0 saturated heterocycles. The molecule has 143 valence electrons. The molecule has 4 nitrogen and oxygen atoms in total. The zero-order valence-electron chi connectivity index (χ0n) is 17.1. The Hall–Kier alpha value is -1.65. The second kappa shape index (κ2) is 7.53. The Labute approximate surface area is 157 Å². The number of benzene rings is 1. The number of nitrogens with zero attached hydrogens (tertiary/aromatic N) is 1. The van der Waals surface area contributed by atoms with E-state index in [1.54, 1.807) is 0 Å². The molecule has 0 bridgehead atoms. The Balaban J connectivity index is 1.99. The van der Waals surface area contributed by atoms with Gasteiger partial charge in [0.25, 0.3) is 0 Å². The third-order valence-corrected chi connectivity index (χ3v) is 5.19. The van der Waals surface area contributed by atoms with Gasteiger partial charge in [-0.15, -0.1) is 10.3 Å². The Morgan fingerprint density at radius 1 is 1.08 bits per heavy atom. The summed E-state index contributed by atoms with van der Waals surface area (Å²) in [7, 11) is 0. The summed E-state index contributed by atoms with van der Waals surface area (Å²) in [6.45, 7) is 13.9. The van der Waals surface area contributed by atoms with E-state index in [2.05, 4.69) is 26.0 Å². The molecule has 0 saturated carbocycles. The maximum absolute atomic E-state index is 12.5. The van der Waals surface area contributed by atoms with Gasteiger partial charge in [-0.1, -0.05) is 44.2 Å². The first kappa shape index (κ1) is 20.7. The van der Waals surface area contributed by atoms with E-state index in [0.29, 0.717) is 5.92 Å². The van der Waals surface area contributed by atoms with Crippen LogP contribution in [0.25, 0.3) is 0 Å². The van der Waals surface area contributed by atoms with Crippen LogP contribution in [0.3, 0.4) is 0 Å². The van der Waals surface area contributed by atoms with Crippen LogP contribution in [0.2, 0.25) is 0 Å². The highest BCUT2D eigenvalue weighted by Gasteiger charge is 2.46. The zero-order chi connectivity index (χ0) is 19.7. The predicted octanol–water partition coefficient (Wildman–Crippen LogP) is 4.68. The molecule has 1 aliphatic rings. The van der Waals surface area contributed by atoms with E-state index in [1.807, 2.05) is 52.8 Å². The molecule has 0 fully saturated rings. The second-order valence-corrected chi connectivity index (χ2v) is 8.85. The number of hydrogen-bond donors (Lipinski definition) is 0. The van der Waals surface area contributed by atoms with Gasteiger partial charge in [-0.25, -0.2) is 0 Å². The van der Waals surface area contributed by atoms with Crippen LogP contribution in [0, 0.1) is 5.92 Å². The number of hydrogen-bond acceptors (Lipinski definition) is 3. The van der Waals surface area contributed by atoms with Crippen molar-refractivity contribution in [3.05, 3.63) is 47.0 Å². The minimum absolute atomic E-state index is 0.157. The Morgan fingerprint density at radius 3 is 2.12 bits per heavy atom. The van der Waals surface area contributed by atoms with E-state index >= 15 is 0 Å². The van der Waals surface area contributed by atoms with Gasteiger partial charge in [-0.05, 0) is 63.7 Å². The first-order valence-electron chi connectivity index (χ1n) is 9.40. The van der Waals surface area contributed by atoms with Crippen molar-refractivity contribution in [3.8, 4) is 0 Å². The standard InChI is InChI=1S/C22H32NO3/c1-15(2)12-17-8-10-18(11-9-17)16(3)20(24)26-14-19-13-21(4,5)23(25)22(19,6)7/h8-11,13,15-16H,12,14H2,1-7H3. The number of hydroxylamine groups is 2. The lowest BCUT2D eigenvalue weighted by molar-refractivity contribution is -0.239. The molecule has 1 aromatic carbocycles. The topological polar surface area (TPSA) is 49.4 Å². The molecule has 0 amide bonds. The highest BCUT2D eigenvalue weighted by Crippen LogP contribution is 2.38. The van der Waals surface area contributed by atoms with Crippen molar-refractivity contribution in [2.45, 2.75) is 71.9 Å². The van der Waals surface area contributed by atoms with Crippen LogP contribution in [-0.4, -0.2) is 28.7 Å². The summed E-state index contributed by atoms with van der Waals surface area (Å²) >= 11 is 0. The van der Waals surface area contributed by atoms with E-state index in [0.717, 1.165) is 22.6 Å². The largest absolute Gasteiger partial charge is 0.461 e. The van der Waals surface area contributed by atoms with Crippen molar-refractivity contribution in [3.63, 3.8) is 0 Å². The molecule has 1 aromatic rings. The Morgan fingerprint density at radius 2 is 1.65 bits per heavy atom. The number of esters is 1. The van der Waals surface area contributed by atoms with Crippen molar-refractivity contribution in [1.29, 1.82) is 0 Å². The molecule has 1 radical (unpaired) electrons. The predicted molar refractivity (Wildman–Crippen MR) is 103 cm³/mol. The van der Waals surface area contributed by atoms with Gasteiger partial charge in [-0.3, -0.25) is 4.79 Å². The minimum atomic E-state index is -0.661. The molecule has 1 atom stereocenters. The first-order valence-corrected chi connectivity index (χ1v) is 9.40. The monoisotopic (exact) mass is 358 g/mol. The lowest BCUT2D eigenvalue weighted by Gasteiger charge is -2.33. The van der Waals surface area contributed by atoms with E-state index < -0.39 is 11.1 Å². The lowest BCUT2D eigenvalue weighted by Crippen LogP contribution is -2.47. The lowest BCUT2D eigenvalue weighted by atomic mass is 9.96. The van der Waals surface area contributed by atoms with Crippen LogP contribution in [0.15, 0.2) is 35.9 Å². The summed E-state index contributed by atoms with van der Waals surface area (Å²) in [6, 6.07) is 8.18. The molecule has 0 N–H and O–H groups in total. The number of rotatable bonds is 6. The van der Waals surface area contributed by atoms with E-state index in [1.165, 1.54) is 5.56 Å². The van der Waals surface area contributed by atoms with Gasteiger partial charge in [0, 0.05) is 0 Å². The van der Waals surface area contributed by atoms with Gasteiger partial charge >= 0.3 is 5.97 Å². The van der Waals surface area contributed by atoms with Gasteiger partial charge < -0.3 is 4.74 Å². The maximum atomic E-state index is 12.5.